The van der Waals surface area contributed by atoms with E-state index in [9.17, 15) is 9.50 Å². The van der Waals surface area contributed by atoms with Gasteiger partial charge >= 0.3 is 0 Å². The number of hydrogen-bond acceptors (Lipinski definition) is 3. The molecule has 0 aliphatic carbocycles. The second-order valence-electron chi connectivity index (χ2n) is 9.13. The topological polar surface area (TPSA) is 41.3 Å². The number of imidazole rings is 1. The molecule has 170 valence electrons. The van der Waals surface area contributed by atoms with Gasteiger partial charge in [0, 0.05) is 19.5 Å². The van der Waals surface area contributed by atoms with Crippen LogP contribution in [0.25, 0.3) is 11.0 Å². The summed E-state index contributed by atoms with van der Waals surface area (Å²) in [5, 5.41) is 9.45. The maximum Gasteiger partial charge on any atom is 0.123 e. The van der Waals surface area contributed by atoms with Gasteiger partial charge in [-0.15, -0.1) is 0 Å². The molecular weight excluding hydrogens is 413 g/mol. The van der Waals surface area contributed by atoms with Crippen LogP contribution in [0.4, 0.5) is 4.39 Å². The zero-order chi connectivity index (χ0) is 22.6. The van der Waals surface area contributed by atoms with Crippen LogP contribution in [0.15, 0.2) is 72.8 Å². The van der Waals surface area contributed by atoms with Crippen molar-refractivity contribution in [2.24, 2.45) is 5.92 Å². The van der Waals surface area contributed by atoms with E-state index >= 15 is 0 Å². The molecule has 2 heterocycles. The largest absolute Gasteiger partial charge is 0.508 e. The van der Waals surface area contributed by atoms with Crippen LogP contribution >= 0.6 is 0 Å². The molecule has 33 heavy (non-hydrogen) atoms. The minimum absolute atomic E-state index is 0.202. The fraction of sp³-hybridized carbons (Fsp3) is 0.321. The van der Waals surface area contributed by atoms with Crippen molar-refractivity contribution in [3.05, 3.63) is 95.6 Å². The molecule has 4 nitrogen and oxygen atoms in total. The van der Waals surface area contributed by atoms with Crippen molar-refractivity contribution in [1.82, 2.24) is 14.5 Å². The summed E-state index contributed by atoms with van der Waals surface area (Å²) in [6.07, 6.45) is 4.34. The molecule has 1 aliphatic rings. The van der Waals surface area contributed by atoms with E-state index < -0.39 is 0 Å². The molecule has 0 saturated carbocycles. The fourth-order valence-electron chi connectivity index (χ4n) is 4.85. The third-order valence-electron chi connectivity index (χ3n) is 6.82. The summed E-state index contributed by atoms with van der Waals surface area (Å²) in [5.41, 5.74) is 4.53. The molecule has 0 bridgehead atoms. The molecule has 5 heteroatoms. The van der Waals surface area contributed by atoms with E-state index in [-0.39, 0.29) is 5.82 Å². The predicted octanol–water partition coefficient (Wildman–Crippen LogP) is 5.43. The van der Waals surface area contributed by atoms with Crippen LogP contribution in [0.1, 0.15) is 29.8 Å². The quantitative estimate of drug-likeness (QED) is 0.414. The standard InChI is InChI=1S/C28H30FN3O/c29-24-9-5-23(6-10-24)20-32-27-4-2-1-3-26(27)30-28(32)19-22-14-17-31(18-15-22)16-13-21-7-11-25(33)12-8-21/h1-12,22,33H,13-20H2. The predicted molar refractivity (Wildman–Crippen MR) is 130 cm³/mol. The lowest BCUT2D eigenvalue weighted by Gasteiger charge is -2.32. The summed E-state index contributed by atoms with van der Waals surface area (Å²) >= 11 is 0. The molecule has 0 unspecified atom stereocenters. The molecule has 3 aromatic carbocycles. The van der Waals surface area contributed by atoms with Crippen LogP contribution in [-0.4, -0.2) is 39.2 Å². The van der Waals surface area contributed by atoms with Gasteiger partial charge < -0.3 is 14.6 Å². The third-order valence-corrected chi connectivity index (χ3v) is 6.82. The number of aromatic nitrogens is 2. The summed E-state index contributed by atoms with van der Waals surface area (Å²) < 4.78 is 15.7. The lowest BCUT2D eigenvalue weighted by atomic mass is 9.93. The Labute approximate surface area is 194 Å². The Morgan fingerprint density at radius 2 is 1.58 bits per heavy atom. The number of piperidine rings is 1. The Bertz CT molecular complexity index is 1190. The van der Waals surface area contributed by atoms with Crippen LogP contribution in [0.2, 0.25) is 0 Å². The SMILES string of the molecule is Oc1ccc(CCN2CCC(Cc3nc4ccccc4n3Cc3ccc(F)cc3)CC2)cc1. The number of likely N-dealkylation sites (tertiary alicyclic amines) is 1. The van der Waals surface area contributed by atoms with E-state index in [1.54, 1.807) is 12.1 Å². The van der Waals surface area contributed by atoms with Gasteiger partial charge in [0.1, 0.15) is 17.4 Å². The number of halogens is 1. The van der Waals surface area contributed by atoms with Gasteiger partial charge in [0.25, 0.3) is 0 Å². The summed E-state index contributed by atoms with van der Waals surface area (Å²) in [4.78, 5) is 7.52. The van der Waals surface area contributed by atoms with E-state index in [1.807, 2.05) is 30.3 Å². The first kappa shape index (κ1) is 21.7. The van der Waals surface area contributed by atoms with Crippen molar-refractivity contribution in [2.45, 2.75) is 32.2 Å². The molecule has 0 atom stereocenters. The van der Waals surface area contributed by atoms with Crippen molar-refractivity contribution < 1.29 is 9.50 Å². The highest BCUT2D eigenvalue weighted by atomic mass is 19.1. The average Bonchev–Trinajstić information content (AvgIpc) is 3.18. The second-order valence-corrected chi connectivity index (χ2v) is 9.13. The molecule has 0 spiro atoms. The molecule has 0 radical (unpaired) electrons. The number of nitrogens with zero attached hydrogens (tertiary/aromatic N) is 3. The molecule has 1 saturated heterocycles. The second kappa shape index (κ2) is 9.75. The number of phenolic OH excluding ortho intramolecular Hbond substituents is 1. The molecule has 1 fully saturated rings. The average molecular weight is 444 g/mol. The number of para-hydroxylation sites is 2. The van der Waals surface area contributed by atoms with E-state index in [0.29, 0.717) is 18.2 Å². The minimum atomic E-state index is -0.202. The summed E-state index contributed by atoms with van der Waals surface area (Å²) in [7, 11) is 0. The molecule has 1 aromatic heterocycles. The van der Waals surface area contributed by atoms with Gasteiger partial charge in [-0.2, -0.15) is 0 Å². The van der Waals surface area contributed by atoms with E-state index in [2.05, 4.69) is 27.7 Å². The first-order valence-corrected chi connectivity index (χ1v) is 11.8. The number of benzene rings is 3. The van der Waals surface area contributed by atoms with Gasteiger partial charge in [0.15, 0.2) is 0 Å². The smallest absolute Gasteiger partial charge is 0.123 e. The first-order valence-electron chi connectivity index (χ1n) is 11.8. The van der Waals surface area contributed by atoms with Gasteiger partial charge in [-0.1, -0.05) is 36.4 Å². The maximum absolute atomic E-state index is 13.4. The molecule has 1 aliphatic heterocycles. The number of fused-ring (bicyclic) bond motifs is 1. The zero-order valence-corrected chi connectivity index (χ0v) is 18.8. The lowest BCUT2D eigenvalue weighted by molar-refractivity contribution is 0.184. The summed E-state index contributed by atoms with van der Waals surface area (Å²) in [6, 6.07) is 22.6. The van der Waals surface area contributed by atoms with Crippen LogP contribution in [0.5, 0.6) is 5.75 Å². The lowest BCUT2D eigenvalue weighted by Crippen LogP contribution is -2.36. The van der Waals surface area contributed by atoms with Crippen LogP contribution in [0.3, 0.4) is 0 Å². The van der Waals surface area contributed by atoms with Crippen molar-refractivity contribution in [3.8, 4) is 5.75 Å². The number of aromatic hydroxyl groups is 1. The Morgan fingerprint density at radius 1 is 0.879 bits per heavy atom. The summed E-state index contributed by atoms with van der Waals surface area (Å²) in [6.45, 7) is 3.99. The normalized spacial score (nSPS) is 15.3. The Morgan fingerprint density at radius 3 is 2.33 bits per heavy atom. The highest BCUT2D eigenvalue weighted by Gasteiger charge is 2.22. The number of phenols is 1. The van der Waals surface area contributed by atoms with Crippen molar-refractivity contribution >= 4 is 11.0 Å². The Balaban J connectivity index is 1.23. The molecule has 4 aromatic rings. The van der Waals surface area contributed by atoms with Crippen LogP contribution in [-0.2, 0) is 19.4 Å². The van der Waals surface area contributed by atoms with Gasteiger partial charge in [0.2, 0.25) is 0 Å². The van der Waals surface area contributed by atoms with Gasteiger partial charge in [0.05, 0.1) is 11.0 Å². The zero-order valence-electron chi connectivity index (χ0n) is 18.8. The molecule has 1 N–H and O–H groups in total. The van der Waals surface area contributed by atoms with E-state index in [1.165, 1.54) is 30.5 Å². The molecule has 5 rings (SSSR count). The van der Waals surface area contributed by atoms with Crippen molar-refractivity contribution in [1.29, 1.82) is 0 Å². The summed E-state index contributed by atoms with van der Waals surface area (Å²) in [5.74, 6) is 1.87. The third kappa shape index (κ3) is 5.25. The molecule has 0 amide bonds. The van der Waals surface area contributed by atoms with Gasteiger partial charge in [-0.25, -0.2) is 9.37 Å². The number of rotatable bonds is 7. The van der Waals surface area contributed by atoms with Crippen LogP contribution < -0.4 is 0 Å². The highest BCUT2D eigenvalue weighted by Crippen LogP contribution is 2.25. The van der Waals surface area contributed by atoms with Crippen molar-refractivity contribution in [2.75, 3.05) is 19.6 Å². The highest BCUT2D eigenvalue weighted by molar-refractivity contribution is 5.76. The first-order chi connectivity index (χ1) is 16.1. The Kier molecular flexibility index (Phi) is 6.40. The monoisotopic (exact) mass is 443 g/mol. The fourth-order valence-corrected chi connectivity index (χ4v) is 4.85. The molecular formula is C28H30FN3O. The van der Waals surface area contributed by atoms with Crippen molar-refractivity contribution in [3.63, 3.8) is 0 Å². The Hall–Kier alpha value is -3.18. The number of hydrogen-bond donors (Lipinski definition) is 1. The van der Waals surface area contributed by atoms with Gasteiger partial charge in [-0.05, 0) is 85.8 Å². The minimum Gasteiger partial charge on any atom is -0.508 e. The van der Waals surface area contributed by atoms with E-state index in [0.717, 1.165) is 54.9 Å². The van der Waals surface area contributed by atoms with E-state index in [4.69, 9.17) is 4.98 Å². The van der Waals surface area contributed by atoms with Crippen LogP contribution in [0, 0.1) is 11.7 Å². The maximum atomic E-state index is 13.4. The van der Waals surface area contributed by atoms with Gasteiger partial charge in [-0.3, -0.25) is 0 Å².